The second-order valence-electron chi connectivity index (χ2n) is 6.32. The molecule has 0 rings (SSSR count). The van der Waals surface area contributed by atoms with Crippen LogP contribution in [0.3, 0.4) is 0 Å². The molecular weight excluding hydrogens is 364 g/mol. The number of hydrogen-bond donors (Lipinski definition) is 7. The number of aliphatic carboxylic acids is 1. The Morgan fingerprint density at radius 2 is 1.65 bits per heavy atom. The van der Waals surface area contributed by atoms with E-state index in [0.717, 1.165) is 0 Å². The first kappa shape index (κ1) is 24.1. The standard InChI is InChI=1S/C15H28N4O6S/c1-7(2)4-9(16)13(22)19-12(8(3)20)14(23)17-5-11(21)18-10(6-26)15(24)25/h7-10,12,20,26H,4-6,16H2,1-3H3,(H,17,23)(H,18,21)(H,19,22)(H,24,25). The van der Waals surface area contributed by atoms with Gasteiger partial charge in [0.25, 0.3) is 0 Å². The fourth-order valence-corrected chi connectivity index (χ4v) is 2.24. The van der Waals surface area contributed by atoms with Crippen LogP contribution in [0.1, 0.15) is 27.2 Å². The molecule has 4 atom stereocenters. The summed E-state index contributed by atoms with van der Waals surface area (Å²) in [5.74, 6) is -3.33. The first-order valence-electron chi connectivity index (χ1n) is 8.14. The largest absolute Gasteiger partial charge is 0.480 e. The van der Waals surface area contributed by atoms with E-state index in [0.29, 0.717) is 6.42 Å². The van der Waals surface area contributed by atoms with E-state index < -0.39 is 54.5 Å². The lowest BCUT2D eigenvalue weighted by atomic mass is 10.0. The highest BCUT2D eigenvalue weighted by molar-refractivity contribution is 7.80. The van der Waals surface area contributed by atoms with Crippen LogP contribution in [0.5, 0.6) is 0 Å². The molecule has 0 aliphatic rings. The van der Waals surface area contributed by atoms with E-state index in [1.54, 1.807) is 0 Å². The minimum atomic E-state index is -1.30. The van der Waals surface area contributed by atoms with Crippen molar-refractivity contribution in [3.63, 3.8) is 0 Å². The van der Waals surface area contributed by atoms with Gasteiger partial charge in [-0.15, -0.1) is 0 Å². The Morgan fingerprint density at radius 3 is 2.08 bits per heavy atom. The van der Waals surface area contributed by atoms with Crippen LogP contribution >= 0.6 is 12.6 Å². The van der Waals surface area contributed by atoms with Crippen molar-refractivity contribution in [2.45, 2.75) is 51.4 Å². The molecule has 7 N–H and O–H groups in total. The Kier molecular flexibility index (Phi) is 10.9. The molecule has 0 radical (unpaired) electrons. The molecule has 26 heavy (non-hydrogen) atoms. The quantitative estimate of drug-likeness (QED) is 0.196. The van der Waals surface area contributed by atoms with Crippen LogP contribution in [0.2, 0.25) is 0 Å². The van der Waals surface area contributed by atoms with Gasteiger partial charge in [-0.3, -0.25) is 14.4 Å². The van der Waals surface area contributed by atoms with E-state index >= 15 is 0 Å². The fraction of sp³-hybridized carbons (Fsp3) is 0.733. The van der Waals surface area contributed by atoms with E-state index in [2.05, 4.69) is 28.6 Å². The Bertz CT molecular complexity index is 514. The predicted octanol–water partition coefficient (Wildman–Crippen LogP) is -2.16. The average Bonchev–Trinajstić information content (AvgIpc) is 2.53. The zero-order chi connectivity index (χ0) is 20.4. The number of carbonyl (C=O) groups is 4. The van der Waals surface area contributed by atoms with Gasteiger partial charge in [0.2, 0.25) is 17.7 Å². The number of carbonyl (C=O) groups excluding carboxylic acids is 3. The number of nitrogens with two attached hydrogens (primary N) is 1. The number of amides is 3. The molecule has 4 unspecified atom stereocenters. The van der Waals surface area contributed by atoms with Gasteiger partial charge < -0.3 is 31.9 Å². The van der Waals surface area contributed by atoms with Gasteiger partial charge in [-0.05, 0) is 19.3 Å². The number of carboxylic acids is 1. The molecule has 0 saturated heterocycles. The molecule has 0 bridgehead atoms. The third-order valence-electron chi connectivity index (χ3n) is 3.36. The molecule has 150 valence electrons. The van der Waals surface area contributed by atoms with Gasteiger partial charge in [-0.1, -0.05) is 13.8 Å². The zero-order valence-corrected chi connectivity index (χ0v) is 16.0. The molecule has 0 aliphatic heterocycles. The third-order valence-corrected chi connectivity index (χ3v) is 3.73. The first-order valence-corrected chi connectivity index (χ1v) is 8.77. The summed E-state index contributed by atoms with van der Waals surface area (Å²) in [5.41, 5.74) is 5.74. The maximum Gasteiger partial charge on any atom is 0.327 e. The smallest absolute Gasteiger partial charge is 0.327 e. The zero-order valence-electron chi connectivity index (χ0n) is 15.1. The molecule has 10 nitrogen and oxygen atoms in total. The van der Waals surface area contributed by atoms with Crippen LogP contribution < -0.4 is 21.7 Å². The van der Waals surface area contributed by atoms with Crippen molar-refractivity contribution in [1.82, 2.24) is 16.0 Å². The molecule has 0 aromatic rings. The molecule has 0 aliphatic carbocycles. The summed E-state index contributed by atoms with van der Waals surface area (Å²) in [5, 5.41) is 25.3. The Labute approximate surface area is 157 Å². The van der Waals surface area contributed by atoms with Crippen LogP contribution in [0, 0.1) is 5.92 Å². The highest BCUT2D eigenvalue weighted by atomic mass is 32.1. The molecule has 0 aromatic heterocycles. The highest BCUT2D eigenvalue weighted by Crippen LogP contribution is 2.03. The van der Waals surface area contributed by atoms with Gasteiger partial charge in [-0.25, -0.2) is 4.79 Å². The summed E-state index contributed by atoms with van der Waals surface area (Å²) in [4.78, 5) is 46.6. The lowest BCUT2D eigenvalue weighted by molar-refractivity contribution is -0.141. The molecule has 0 aromatic carbocycles. The monoisotopic (exact) mass is 392 g/mol. The second kappa shape index (κ2) is 11.7. The third kappa shape index (κ3) is 9.02. The molecule has 0 spiro atoms. The van der Waals surface area contributed by atoms with Crippen molar-refractivity contribution in [2.75, 3.05) is 12.3 Å². The SMILES string of the molecule is CC(C)CC(N)C(=O)NC(C(=O)NCC(=O)NC(CS)C(=O)O)C(C)O. The minimum absolute atomic E-state index is 0.116. The number of hydrogen-bond acceptors (Lipinski definition) is 7. The highest BCUT2D eigenvalue weighted by Gasteiger charge is 2.28. The Hall–Kier alpha value is -1.85. The molecule has 0 heterocycles. The number of thiol groups is 1. The summed E-state index contributed by atoms with van der Waals surface area (Å²) in [6.45, 7) is 4.56. The van der Waals surface area contributed by atoms with Crippen LogP contribution in [0.4, 0.5) is 0 Å². The minimum Gasteiger partial charge on any atom is -0.480 e. The summed E-state index contributed by atoms with van der Waals surface area (Å²) in [7, 11) is 0. The van der Waals surface area contributed by atoms with Gasteiger partial charge in [0.05, 0.1) is 18.7 Å². The molecule has 0 fully saturated rings. The van der Waals surface area contributed by atoms with E-state index in [9.17, 15) is 24.3 Å². The van der Waals surface area contributed by atoms with Gasteiger partial charge in [0.1, 0.15) is 12.1 Å². The van der Waals surface area contributed by atoms with E-state index in [1.165, 1.54) is 6.92 Å². The summed E-state index contributed by atoms with van der Waals surface area (Å²) >= 11 is 3.80. The van der Waals surface area contributed by atoms with Gasteiger partial charge in [0.15, 0.2) is 0 Å². The predicted molar refractivity (Wildman–Crippen MR) is 97.5 cm³/mol. The lowest BCUT2D eigenvalue weighted by Crippen LogP contribution is -2.57. The molecule has 3 amide bonds. The topological polar surface area (TPSA) is 171 Å². The maximum absolute atomic E-state index is 12.1. The Morgan fingerprint density at radius 1 is 1.08 bits per heavy atom. The van der Waals surface area contributed by atoms with Crippen molar-refractivity contribution >= 4 is 36.3 Å². The van der Waals surface area contributed by atoms with E-state index in [1.807, 2.05) is 13.8 Å². The first-order chi connectivity index (χ1) is 12.0. The van der Waals surface area contributed by atoms with Gasteiger partial charge in [0, 0.05) is 5.75 Å². The van der Waals surface area contributed by atoms with Gasteiger partial charge >= 0.3 is 5.97 Å². The molecule has 0 saturated carbocycles. The summed E-state index contributed by atoms with van der Waals surface area (Å²) < 4.78 is 0. The van der Waals surface area contributed by atoms with Crippen molar-refractivity contribution in [1.29, 1.82) is 0 Å². The van der Waals surface area contributed by atoms with Gasteiger partial charge in [-0.2, -0.15) is 12.6 Å². The van der Waals surface area contributed by atoms with Crippen LogP contribution in [-0.2, 0) is 19.2 Å². The van der Waals surface area contributed by atoms with Crippen LogP contribution in [-0.4, -0.2) is 70.4 Å². The number of rotatable bonds is 11. The van der Waals surface area contributed by atoms with E-state index in [-0.39, 0.29) is 11.7 Å². The number of aliphatic hydroxyl groups excluding tert-OH is 1. The van der Waals surface area contributed by atoms with E-state index in [4.69, 9.17) is 10.8 Å². The maximum atomic E-state index is 12.1. The fourth-order valence-electron chi connectivity index (χ4n) is 1.99. The van der Waals surface area contributed by atoms with Crippen molar-refractivity contribution in [3.8, 4) is 0 Å². The lowest BCUT2D eigenvalue weighted by Gasteiger charge is -2.23. The number of nitrogens with one attached hydrogen (secondary N) is 3. The number of carboxylic acid groups (broad SMARTS) is 1. The molecular formula is C15H28N4O6S. The normalized spacial score (nSPS) is 15.5. The summed E-state index contributed by atoms with van der Waals surface area (Å²) in [6.07, 6.45) is -0.819. The van der Waals surface area contributed by atoms with Crippen LogP contribution in [0.15, 0.2) is 0 Å². The number of aliphatic hydroxyl groups is 1. The van der Waals surface area contributed by atoms with Crippen molar-refractivity contribution in [3.05, 3.63) is 0 Å². The second-order valence-corrected chi connectivity index (χ2v) is 6.69. The van der Waals surface area contributed by atoms with Crippen molar-refractivity contribution < 1.29 is 29.4 Å². The van der Waals surface area contributed by atoms with Crippen LogP contribution in [0.25, 0.3) is 0 Å². The van der Waals surface area contributed by atoms with Crippen molar-refractivity contribution in [2.24, 2.45) is 11.7 Å². The summed E-state index contributed by atoms with van der Waals surface area (Å²) in [6, 6.07) is -3.32. The average molecular weight is 392 g/mol. The Balaban J connectivity index is 4.67. The molecule has 11 heteroatoms.